The van der Waals surface area contributed by atoms with E-state index in [0.717, 1.165) is 23.4 Å². The van der Waals surface area contributed by atoms with E-state index in [-0.39, 0.29) is 5.41 Å². The zero-order chi connectivity index (χ0) is 13.5. The highest BCUT2D eigenvalue weighted by Gasteiger charge is 2.26. The van der Waals surface area contributed by atoms with Crippen LogP contribution in [0, 0.1) is 12.3 Å². The van der Waals surface area contributed by atoms with Gasteiger partial charge in [-0.05, 0) is 54.7 Å². The number of nitrogen functional groups attached to an aromatic ring is 1. The third-order valence-corrected chi connectivity index (χ3v) is 3.79. The van der Waals surface area contributed by atoms with Crippen molar-refractivity contribution < 1.29 is 0 Å². The summed E-state index contributed by atoms with van der Waals surface area (Å²) in [6, 6.07) is 6.24. The molecule has 4 N–H and O–H groups in total. The fraction of sp³-hybridized carbons (Fsp3) is 0.375. The van der Waals surface area contributed by atoms with E-state index in [0.29, 0.717) is 0 Å². The predicted octanol–water partition coefficient (Wildman–Crippen LogP) is 3.62. The van der Waals surface area contributed by atoms with Gasteiger partial charge in [0.15, 0.2) is 0 Å². The molecular weight excluding hydrogens is 220 g/mol. The molecule has 1 aliphatic rings. The summed E-state index contributed by atoms with van der Waals surface area (Å²) < 4.78 is 0. The predicted molar refractivity (Wildman–Crippen MR) is 78.9 cm³/mol. The number of anilines is 1. The number of benzene rings is 1. The maximum absolute atomic E-state index is 6.17. The molecule has 0 fully saturated rings. The van der Waals surface area contributed by atoms with Gasteiger partial charge in [0.2, 0.25) is 0 Å². The second kappa shape index (κ2) is 4.20. The molecule has 18 heavy (non-hydrogen) atoms. The minimum absolute atomic E-state index is 0.0625. The molecule has 96 valence electrons. The van der Waals surface area contributed by atoms with Crippen LogP contribution in [0.15, 0.2) is 35.5 Å². The first-order valence-corrected chi connectivity index (χ1v) is 6.35. The standard InChI is InChI=1S/C16H22N2/c1-10-7-12(5-6-14(10)17)13-8-11(2)15(18)16(3,4)9-13/h5-7,9H,8,17-18H2,1-4H3. The quantitative estimate of drug-likeness (QED) is 0.739. The molecule has 0 saturated carbocycles. The van der Waals surface area contributed by atoms with Crippen LogP contribution in [0.5, 0.6) is 0 Å². The van der Waals surface area contributed by atoms with Crippen molar-refractivity contribution >= 4 is 11.3 Å². The average Bonchev–Trinajstić information content (AvgIpc) is 2.29. The van der Waals surface area contributed by atoms with Crippen LogP contribution in [0.3, 0.4) is 0 Å². The number of hydrogen-bond acceptors (Lipinski definition) is 2. The van der Waals surface area contributed by atoms with Crippen molar-refractivity contribution in [1.29, 1.82) is 0 Å². The van der Waals surface area contributed by atoms with Crippen molar-refractivity contribution in [2.75, 3.05) is 5.73 Å². The van der Waals surface area contributed by atoms with E-state index >= 15 is 0 Å². The zero-order valence-corrected chi connectivity index (χ0v) is 11.7. The molecule has 1 aromatic rings. The summed E-state index contributed by atoms with van der Waals surface area (Å²) in [5.74, 6) is 0. The second-order valence-electron chi connectivity index (χ2n) is 5.83. The van der Waals surface area contributed by atoms with Crippen LogP contribution in [0.4, 0.5) is 5.69 Å². The Morgan fingerprint density at radius 3 is 2.33 bits per heavy atom. The summed E-state index contributed by atoms with van der Waals surface area (Å²) in [4.78, 5) is 0. The van der Waals surface area contributed by atoms with Crippen LogP contribution in [0.2, 0.25) is 0 Å². The average molecular weight is 242 g/mol. The van der Waals surface area contributed by atoms with Crippen LogP contribution in [0.1, 0.15) is 38.3 Å². The van der Waals surface area contributed by atoms with Gasteiger partial charge in [-0.25, -0.2) is 0 Å². The molecule has 0 radical (unpaired) electrons. The molecule has 2 rings (SSSR count). The molecule has 0 spiro atoms. The Morgan fingerprint density at radius 2 is 1.78 bits per heavy atom. The SMILES string of the molecule is CC1=C(N)C(C)(C)C=C(c2ccc(N)c(C)c2)C1. The Hall–Kier alpha value is -1.70. The van der Waals surface area contributed by atoms with Gasteiger partial charge in [0.1, 0.15) is 0 Å². The van der Waals surface area contributed by atoms with Crippen LogP contribution in [0.25, 0.3) is 5.57 Å². The molecule has 0 amide bonds. The van der Waals surface area contributed by atoms with Gasteiger partial charge in [0.25, 0.3) is 0 Å². The molecule has 0 unspecified atom stereocenters. The first-order chi connectivity index (χ1) is 8.31. The van der Waals surface area contributed by atoms with Gasteiger partial charge in [0.05, 0.1) is 0 Å². The number of nitrogens with two attached hydrogens (primary N) is 2. The molecular formula is C16H22N2. The van der Waals surface area contributed by atoms with Gasteiger partial charge in [0, 0.05) is 16.8 Å². The third kappa shape index (κ3) is 2.15. The van der Waals surface area contributed by atoms with Crippen molar-refractivity contribution in [1.82, 2.24) is 0 Å². The maximum Gasteiger partial charge on any atom is 0.0344 e. The summed E-state index contributed by atoms with van der Waals surface area (Å²) in [7, 11) is 0. The number of aryl methyl sites for hydroxylation is 1. The fourth-order valence-electron chi connectivity index (χ4n) is 2.56. The van der Waals surface area contributed by atoms with Gasteiger partial charge in [-0.1, -0.05) is 26.0 Å². The maximum atomic E-state index is 6.17. The fourth-order valence-corrected chi connectivity index (χ4v) is 2.56. The van der Waals surface area contributed by atoms with Gasteiger partial charge in [-0.3, -0.25) is 0 Å². The topological polar surface area (TPSA) is 52.0 Å². The highest BCUT2D eigenvalue weighted by molar-refractivity contribution is 5.72. The van der Waals surface area contributed by atoms with E-state index in [2.05, 4.69) is 39.0 Å². The molecule has 2 nitrogen and oxygen atoms in total. The lowest BCUT2D eigenvalue weighted by atomic mass is 9.77. The highest BCUT2D eigenvalue weighted by atomic mass is 14.6. The van der Waals surface area contributed by atoms with Gasteiger partial charge in [-0.2, -0.15) is 0 Å². The second-order valence-corrected chi connectivity index (χ2v) is 5.83. The molecule has 1 aromatic carbocycles. The lowest BCUT2D eigenvalue weighted by molar-refractivity contribution is 0.555. The number of allylic oxidation sites excluding steroid dienone is 3. The van der Waals surface area contributed by atoms with Gasteiger partial charge < -0.3 is 11.5 Å². The minimum Gasteiger partial charge on any atom is -0.401 e. The normalized spacial score (nSPS) is 18.8. The Bertz CT molecular complexity index is 548. The highest BCUT2D eigenvalue weighted by Crippen LogP contribution is 2.39. The van der Waals surface area contributed by atoms with E-state index in [1.807, 2.05) is 13.0 Å². The Morgan fingerprint density at radius 1 is 1.11 bits per heavy atom. The van der Waals surface area contributed by atoms with E-state index in [9.17, 15) is 0 Å². The van der Waals surface area contributed by atoms with E-state index in [1.54, 1.807) is 0 Å². The largest absolute Gasteiger partial charge is 0.401 e. The van der Waals surface area contributed by atoms with E-state index in [4.69, 9.17) is 11.5 Å². The first kappa shape index (κ1) is 12.7. The Balaban J connectivity index is 2.44. The summed E-state index contributed by atoms with van der Waals surface area (Å²) in [6.45, 7) is 8.49. The van der Waals surface area contributed by atoms with Crippen molar-refractivity contribution in [3.63, 3.8) is 0 Å². The van der Waals surface area contributed by atoms with Gasteiger partial charge in [-0.15, -0.1) is 0 Å². The van der Waals surface area contributed by atoms with E-state index < -0.39 is 0 Å². The smallest absolute Gasteiger partial charge is 0.0344 e. The lowest BCUT2D eigenvalue weighted by Gasteiger charge is -2.30. The van der Waals surface area contributed by atoms with Crippen molar-refractivity contribution in [2.24, 2.45) is 11.1 Å². The van der Waals surface area contributed by atoms with Crippen LogP contribution in [-0.4, -0.2) is 0 Å². The monoisotopic (exact) mass is 242 g/mol. The van der Waals surface area contributed by atoms with Crippen LogP contribution < -0.4 is 11.5 Å². The van der Waals surface area contributed by atoms with Crippen molar-refractivity contribution in [3.8, 4) is 0 Å². The minimum atomic E-state index is -0.0625. The molecule has 0 atom stereocenters. The summed E-state index contributed by atoms with van der Waals surface area (Å²) in [5, 5.41) is 0. The Labute approximate surface area is 109 Å². The number of rotatable bonds is 1. The summed E-state index contributed by atoms with van der Waals surface area (Å²) in [5.41, 5.74) is 18.8. The molecule has 0 aliphatic heterocycles. The first-order valence-electron chi connectivity index (χ1n) is 6.35. The van der Waals surface area contributed by atoms with Crippen molar-refractivity contribution in [2.45, 2.75) is 34.1 Å². The van der Waals surface area contributed by atoms with Crippen LogP contribution >= 0.6 is 0 Å². The van der Waals surface area contributed by atoms with Gasteiger partial charge >= 0.3 is 0 Å². The van der Waals surface area contributed by atoms with E-state index in [1.165, 1.54) is 16.7 Å². The van der Waals surface area contributed by atoms with Crippen LogP contribution in [-0.2, 0) is 0 Å². The Kier molecular flexibility index (Phi) is 2.97. The summed E-state index contributed by atoms with van der Waals surface area (Å²) >= 11 is 0. The molecule has 1 aliphatic carbocycles. The number of hydrogen-bond donors (Lipinski definition) is 2. The third-order valence-electron chi connectivity index (χ3n) is 3.79. The summed E-state index contributed by atoms with van der Waals surface area (Å²) in [6.07, 6.45) is 3.21. The molecule has 0 aromatic heterocycles. The molecule has 0 saturated heterocycles. The molecule has 0 heterocycles. The lowest BCUT2D eigenvalue weighted by Crippen LogP contribution is -2.24. The zero-order valence-electron chi connectivity index (χ0n) is 11.7. The molecule has 2 heteroatoms. The molecule has 0 bridgehead atoms. The van der Waals surface area contributed by atoms with Crippen molar-refractivity contribution in [3.05, 3.63) is 46.7 Å².